The lowest BCUT2D eigenvalue weighted by Gasteiger charge is -2.21. The van der Waals surface area contributed by atoms with Gasteiger partial charge in [-0.15, -0.1) is 0 Å². The second-order valence-corrected chi connectivity index (χ2v) is 5.92. The maximum absolute atomic E-state index is 10.5. The smallest absolute Gasteiger partial charge is 0.303 e. The van der Waals surface area contributed by atoms with Crippen molar-refractivity contribution in [2.24, 2.45) is 0 Å². The Balaban J connectivity index is 3.66. The van der Waals surface area contributed by atoms with Gasteiger partial charge in [-0.2, -0.15) is 0 Å². The number of rotatable bonds is 15. The van der Waals surface area contributed by atoms with Crippen molar-refractivity contribution in [1.29, 1.82) is 0 Å². The number of hydrogen-bond donors (Lipinski definition) is 1. The highest BCUT2D eigenvalue weighted by atomic mass is 16.6. The summed E-state index contributed by atoms with van der Waals surface area (Å²) in [6, 6.07) is 0. The second kappa shape index (κ2) is 13.7. The first-order valence-corrected chi connectivity index (χ1v) is 8.31. The molecule has 0 bridgehead atoms. The largest absolute Gasteiger partial charge is 0.481 e. The van der Waals surface area contributed by atoms with Crippen LogP contribution < -0.4 is 0 Å². The minimum absolute atomic E-state index is 0.0152. The van der Waals surface area contributed by atoms with Crippen LogP contribution in [-0.2, 0) is 23.7 Å². The van der Waals surface area contributed by atoms with Gasteiger partial charge in [0.15, 0.2) is 0 Å². The molecule has 0 aliphatic carbocycles. The van der Waals surface area contributed by atoms with Crippen molar-refractivity contribution < 1.29 is 28.8 Å². The van der Waals surface area contributed by atoms with E-state index < -0.39 is 5.97 Å². The second-order valence-electron chi connectivity index (χ2n) is 5.92. The SMILES string of the molecule is C[CH]COC(C)COC(C)COC(C)COC(C)CCC(=O)O. The quantitative estimate of drug-likeness (QED) is 0.497. The van der Waals surface area contributed by atoms with Gasteiger partial charge in [0, 0.05) is 13.0 Å². The molecule has 0 aromatic heterocycles. The highest BCUT2D eigenvalue weighted by Crippen LogP contribution is 2.05. The van der Waals surface area contributed by atoms with Crippen molar-refractivity contribution in [2.45, 2.75) is 71.9 Å². The van der Waals surface area contributed by atoms with E-state index in [9.17, 15) is 4.79 Å². The molecule has 0 aromatic carbocycles. The Hall–Kier alpha value is -0.690. The van der Waals surface area contributed by atoms with Crippen LogP contribution in [0.25, 0.3) is 0 Å². The first kappa shape index (κ1) is 22.3. The monoisotopic (exact) mass is 333 g/mol. The molecule has 0 aliphatic rings. The molecule has 0 rings (SSSR count). The Morgan fingerprint density at radius 3 is 1.74 bits per heavy atom. The molecule has 0 spiro atoms. The van der Waals surface area contributed by atoms with Crippen molar-refractivity contribution in [3.63, 3.8) is 0 Å². The zero-order valence-electron chi connectivity index (χ0n) is 15.1. The fourth-order valence-electron chi connectivity index (χ4n) is 1.71. The lowest BCUT2D eigenvalue weighted by molar-refractivity contribution is -0.138. The fourth-order valence-corrected chi connectivity index (χ4v) is 1.71. The van der Waals surface area contributed by atoms with Gasteiger partial charge < -0.3 is 24.1 Å². The van der Waals surface area contributed by atoms with Crippen molar-refractivity contribution in [3.05, 3.63) is 6.42 Å². The van der Waals surface area contributed by atoms with E-state index in [-0.39, 0.29) is 30.8 Å². The van der Waals surface area contributed by atoms with Crippen LogP contribution in [0.3, 0.4) is 0 Å². The van der Waals surface area contributed by atoms with Crippen molar-refractivity contribution >= 4 is 5.97 Å². The lowest BCUT2D eigenvalue weighted by atomic mass is 10.2. The molecular weight excluding hydrogens is 300 g/mol. The lowest BCUT2D eigenvalue weighted by Crippen LogP contribution is -2.27. The van der Waals surface area contributed by atoms with E-state index >= 15 is 0 Å². The normalized spacial score (nSPS) is 16.7. The molecule has 1 radical (unpaired) electrons. The predicted octanol–water partition coefficient (Wildman–Crippen LogP) is 2.70. The molecule has 0 saturated carbocycles. The standard InChI is InChI=1S/C17H33O6/c1-6-9-20-14(3)10-22-16(5)12-23-15(4)11-21-13(2)7-8-17(18)19/h6,13-16H,7-12H2,1-5H3,(H,18,19). The van der Waals surface area contributed by atoms with E-state index in [1.54, 1.807) is 0 Å². The molecule has 0 heterocycles. The van der Waals surface area contributed by atoms with Gasteiger partial charge in [-0.1, -0.05) is 6.92 Å². The minimum atomic E-state index is -0.800. The molecular formula is C17H33O6. The van der Waals surface area contributed by atoms with E-state index in [0.29, 0.717) is 32.8 Å². The van der Waals surface area contributed by atoms with Gasteiger partial charge in [-0.3, -0.25) is 4.79 Å². The zero-order chi connectivity index (χ0) is 17.7. The molecule has 0 aromatic rings. The van der Waals surface area contributed by atoms with E-state index in [1.807, 2.05) is 41.0 Å². The molecule has 23 heavy (non-hydrogen) atoms. The molecule has 6 nitrogen and oxygen atoms in total. The molecule has 4 unspecified atom stereocenters. The van der Waals surface area contributed by atoms with E-state index in [2.05, 4.69) is 0 Å². The molecule has 0 saturated heterocycles. The Bertz CT molecular complexity index is 297. The molecule has 1 N–H and O–H groups in total. The Morgan fingerprint density at radius 2 is 1.30 bits per heavy atom. The summed E-state index contributed by atoms with van der Waals surface area (Å²) >= 11 is 0. The number of carboxylic acid groups (broad SMARTS) is 1. The molecule has 6 heteroatoms. The van der Waals surface area contributed by atoms with Crippen molar-refractivity contribution in [3.8, 4) is 0 Å². The number of aliphatic carboxylic acids is 1. The first-order chi connectivity index (χ1) is 10.8. The van der Waals surface area contributed by atoms with Crippen LogP contribution in [-0.4, -0.2) is 61.9 Å². The third-order valence-electron chi connectivity index (χ3n) is 3.16. The summed E-state index contributed by atoms with van der Waals surface area (Å²) in [4.78, 5) is 10.5. The highest BCUT2D eigenvalue weighted by Gasteiger charge is 2.12. The molecule has 0 aliphatic heterocycles. The zero-order valence-corrected chi connectivity index (χ0v) is 15.1. The van der Waals surface area contributed by atoms with Crippen LogP contribution in [0.5, 0.6) is 0 Å². The predicted molar refractivity (Wildman–Crippen MR) is 88.5 cm³/mol. The van der Waals surface area contributed by atoms with Crippen LogP contribution in [0.4, 0.5) is 0 Å². The maximum Gasteiger partial charge on any atom is 0.303 e. The van der Waals surface area contributed by atoms with E-state index in [4.69, 9.17) is 24.1 Å². The van der Waals surface area contributed by atoms with E-state index in [0.717, 1.165) is 0 Å². The molecule has 0 fully saturated rings. The Kier molecular flexibility index (Phi) is 13.3. The van der Waals surface area contributed by atoms with Gasteiger partial charge in [0.05, 0.1) is 44.2 Å². The Morgan fingerprint density at radius 1 is 0.870 bits per heavy atom. The minimum Gasteiger partial charge on any atom is -0.481 e. The van der Waals surface area contributed by atoms with Crippen LogP contribution >= 0.6 is 0 Å². The summed E-state index contributed by atoms with van der Waals surface area (Å²) in [7, 11) is 0. The third kappa shape index (κ3) is 14.6. The van der Waals surface area contributed by atoms with Crippen LogP contribution in [0.1, 0.15) is 47.5 Å². The van der Waals surface area contributed by atoms with Crippen molar-refractivity contribution in [1.82, 2.24) is 0 Å². The van der Waals surface area contributed by atoms with Crippen LogP contribution in [0, 0.1) is 6.42 Å². The highest BCUT2D eigenvalue weighted by molar-refractivity contribution is 5.66. The number of ether oxygens (including phenoxy) is 4. The van der Waals surface area contributed by atoms with Crippen LogP contribution in [0.15, 0.2) is 0 Å². The average molecular weight is 333 g/mol. The molecule has 4 atom stereocenters. The summed E-state index contributed by atoms with van der Waals surface area (Å²) in [6.45, 7) is 11.8. The number of carboxylic acids is 1. The Labute approximate surface area is 140 Å². The van der Waals surface area contributed by atoms with Gasteiger partial charge in [0.2, 0.25) is 0 Å². The van der Waals surface area contributed by atoms with Gasteiger partial charge in [0.1, 0.15) is 0 Å². The number of hydrogen-bond acceptors (Lipinski definition) is 5. The van der Waals surface area contributed by atoms with Crippen molar-refractivity contribution in [2.75, 3.05) is 26.4 Å². The number of carbonyl (C=O) groups is 1. The summed E-state index contributed by atoms with van der Waals surface area (Å²) in [5.74, 6) is -0.800. The fraction of sp³-hybridized carbons (Fsp3) is 0.882. The van der Waals surface area contributed by atoms with Crippen LogP contribution in [0.2, 0.25) is 0 Å². The topological polar surface area (TPSA) is 74.2 Å². The third-order valence-corrected chi connectivity index (χ3v) is 3.16. The summed E-state index contributed by atoms with van der Waals surface area (Å²) in [5, 5.41) is 8.62. The first-order valence-electron chi connectivity index (χ1n) is 8.31. The molecule has 0 amide bonds. The van der Waals surface area contributed by atoms with Gasteiger partial charge >= 0.3 is 5.97 Å². The summed E-state index contributed by atoms with van der Waals surface area (Å²) in [5.41, 5.74) is 0. The summed E-state index contributed by atoms with van der Waals surface area (Å²) in [6.07, 6.45) is 2.49. The average Bonchev–Trinajstić information content (AvgIpc) is 2.52. The van der Waals surface area contributed by atoms with Gasteiger partial charge in [-0.25, -0.2) is 0 Å². The maximum atomic E-state index is 10.5. The van der Waals surface area contributed by atoms with E-state index in [1.165, 1.54) is 0 Å². The molecule has 137 valence electrons. The van der Waals surface area contributed by atoms with Gasteiger partial charge in [-0.05, 0) is 40.5 Å². The van der Waals surface area contributed by atoms with Gasteiger partial charge in [0.25, 0.3) is 0 Å². The summed E-state index contributed by atoms with van der Waals surface area (Å²) < 4.78 is 22.4.